The van der Waals surface area contributed by atoms with Gasteiger partial charge in [0.1, 0.15) is 11.6 Å². The summed E-state index contributed by atoms with van der Waals surface area (Å²) in [5.74, 6) is -3.29. The second-order valence-electron chi connectivity index (χ2n) is 5.26. The molecule has 3 amide bonds. The number of amides is 3. The van der Waals surface area contributed by atoms with Crippen LogP contribution in [0.25, 0.3) is 0 Å². The number of carbonyl (C=O) groups is 3. The van der Waals surface area contributed by atoms with E-state index in [0.29, 0.717) is 5.01 Å². The van der Waals surface area contributed by atoms with Crippen LogP contribution in [0.3, 0.4) is 0 Å². The Kier molecular flexibility index (Phi) is 4.07. The van der Waals surface area contributed by atoms with Crippen LogP contribution in [0.4, 0.5) is 8.78 Å². The standard InChI is InChI=1S/C17H12F2N2O3/c18-11-7-5-10(14(19)9-11)6-8-15(22)20-21-16(23)12-3-1-2-4-13(12)17(21)24/h1-5,7,9H,6,8H2,(H,20,22). The van der Waals surface area contributed by atoms with Crippen LogP contribution in [-0.4, -0.2) is 22.7 Å². The van der Waals surface area contributed by atoms with Crippen molar-refractivity contribution in [1.29, 1.82) is 0 Å². The third-order valence-electron chi connectivity index (χ3n) is 3.67. The summed E-state index contributed by atoms with van der Waals surface area (Å²) in [4.78, 5) is 36.1. The molecule has 0 aliphatic carbocycles. The second kappa shape index (κ2) is 6.19. The lowest BCUT2D eigenvalue weighted by Crippen LogP contribution is -2.45. The molecule has 2 aromatic rings. The highest BCUT2D eigenvalue weighted by atomic mass is 19.1. The molecule has 0 unspecified atom stereocenters. The van der Waals surface area contributed by atoms with E-state index >= 15 is 0 Å². The summed E-state index contributed by atoms with van der Waals surface area (Å²) in [6.07, 6.45) is -0.142. The number of rotatable bonds is 4. The molecule has 7 heteroatoms. The lowest BCUT2D eigenvalue weighted by Gasteiger charge is -2.15. The summed E-state index contributed by atoms with van der Waals surface area (Å²) in [6.45, 7) is 0. The Morgan fingerprint density at radius 1 is 1.00 bits per heavy atom. The third kappa shape index (κ3) is 2.88. The van der Waals surface area contributed by atoms with Crippen molar-refractivity contribution in [3.8, 4) is 0 Å². The molecule has 0 saturated heterocycles. The van der Waals surface area contributed by atoms with E-state index in [1.54, 1.807) is 12.1 Å². The van der Waals surface area contributed by atoms with Crippen molar-refractivity contribution in [1.82, 2.24) is 10.4 Å². The van der Waals surface area contributed by atoms with E-state index in [4.69, 9.17) is 0 Å². The van der Waals surface area contributed by atoms with Gasteiger partial charge in [0, 0.05) is 12.5 Å². The Morgan fingerprint density at radius 2 is 1.62 bits per heavy atom. The highest BCUT2D eigenvalue weighted by Crippen LogP contribution is 2.20. The van der Waals surface area contributed by atoms with Gasteiger partial charge in [0.15, 0.2) is 0 Å². The molecule has 2 aromatic carbocycles. The highest BCUT2D eigenvalue weighted by molar-refractivity contribution is 6.21. The van der Waals surface area contributed by atoms with Crippen LogP contribution in [0.1, 0.15) is 32.7 Å². The molecule has 5 nitrogen and oxygen atoms in total. The highest BCUT2D eigenvalue weighted by Gasteiger charge is 2.36. The maximum Gasteiger partial charge on any atom is 0.280 e. The number of imide groups is 1. The minimum absolute atomic E-state index is 0.0150. The van der Waals surface area contributed by atoms with Crippen LogP contribution in [-0.2, 0) is 11.2 Å². The van der Waals surface area contributed by atoms with Gasteiger partial charge in [-0.3, -0.25) is 19.8 Å². The van der Waals surface area contributed by atoms with Gasteiger partial charge in [-0.1, -0.05) is 18.2 Å². The van der Waals surface area contributed by atoms with Crippen LogP contribution >= 0.6 is 0 Å². The predicted molar refractivity (Wildman–Crippen MR) is 79.8 cm³/mol. The van der Waals surface area contributed by atoms with Crippen molar-refractivity contribution in [3.05, 3.63) is 70.8 Å². The van der Waals surface area contributed by atoms with Crippen molar-refractivity contribution in [3.63, 3.8) is 0 Å². The first-order valence-corrected chi connectivity index (χ1v) is 7.18. The lowest BCUT2D eigenvalue weighted by atomic mass is 10.1. The first-order chi connectivity index (χ1) is 11.5. The number of fused-ring (bicyclic) bond motifs is 1. The number of nitrogens with one attached hydrogen (secondary N) is 1. The summed E-state index contributed by atoms with van der Waals surface area (Å²) < 4.78 is 26.4. The fourth-order valence-corrected chi connectivity index (χ4v) is 2.44. The molecule has 1 aliphatic rings. The minimum atomic E-state index is -0.747. The van der Waals surface area contributed by atoms with E-state index in [2.05, 4.69) is 5.43 Å². The number of benzene rings is 2. The van der Waals surface area contributed by atoms with Crippen LogP contribution < -0.4 is 5.43 Å². The van der Waals surface area contributed by atoms with Crippen LogP contribution in [0.5, 0.6) is 0 Å². The van der Waals surface area contributed by atoms with Crippen LogP contribution in [0.15, 0.2) is 42.5 Å². The summed E-state index contributed by atoms with van der Waals surface area (Å²) >= 11 is 0. The zero-order valence-corrected chi connectivity index (χ0v) is 12.4. The summed E-state index contributed by atoms with van der Waals surface area (Å²) in [7, 11) is 0. The molecule has 24 heavy (non-hydrogen) atoms. The molecular weight excluding hydrogens is 318 g/mol. The first kappa shape index (κ1) is 15.8. The Labute approximate surface area is 135 Å². The zero-order valence-electron chi connectivity index (χ0n) is 12.4. The smallest absolute Gasteiger partial charge is 0.273 e. The monoisotopic (exact) mass is 330 g/mol. The largest absolute Gasteiger partial charge is 0.280 e. The number of carbonyl (C=O) groups excluding carboxylic acids is 3. The van der Waals surface area contributed by atoms with Crippen molar-refractivity contribution in [2.24, 2.45) is 0 Å². The second-order valence-corrected chi connectivity index (χ2v) is 5.26. The molecule has 3 rings (SSSR count). The predicted octanol–water partition coefficient (Wildman–Crippen LogP) is 2.22. The fourth-order valence-electron chi connectivity index (χ4n) is 2.44. The molecule has 1 heterocycles. The van der Waals surface area contributed by atoms with E-state index < -0.39 is 29.4 Å². The SMILES string of the molecule is O=C(CCc1ccc(F)cc1F)NN1C(=O)c2ccccc2C1=O. The van der Waals surface area contributed by atoms with Crippen molar-refractivity contribution in [2.75, 3.05) is 0 Å². The molecule has 122 valence electrons. The van der Waals surface area contributed by atoms with Gasteiger partial charge in [0.2, 0.25) is 5.91 Å². The molecule has 1 N–H and O–H groups in total. The fraction of sp³-hybridized carbons (Fsp3) is 0.118. The number of halogens is 2. The van der Waals surface area contributed by atoms with Gasteiger partial charge in [-0.2, -0.15) is 5.01 Å². The lowest BCUT2D eigenvalue weighted by molar-refractivity contribution is -0.124. The summed E-state index contributed by atoms with van der Waals surface area (Å²) in [5, 5.41) is 0.647. The number of hydrogen-bond acceptors (Lipinski definition) is 3. The van der Waals surface area contributed by atoms with Gasteiger partial charge >= 0.3 is 0 Å². The number of nitrogens with zero attached hydrogens (tertiary/aromatic N) is 1. The Hall–Kier alpha value is -3.09. The summed E-state index contributed by atoms with van der Waals surface area (Å²) in [6, 6.07) is 9.31. The topological polar surface area (TPSA) is 66.5 Å². The molecule has 0 aromatic heterocycles. The van der Waals surface area contributed by atoms with E-state index in [9.17, 15) is 23.2 Å². The number of aryl methyl sites for hydroxylation is 1. The van der Waals surface area contributed by atoms with Crippen LogP contribution in [0.2, 0.25) is 0 Å². The summed E-state index contributed by atoms with van der Waals surface area (Å²) in [5.41, 5.74) is 2.83. The Balaban J connectivity index is 1.64. The molecule has 0 radical (unpaired) electrons. The number of hydrazine groups is 1. The van der Waals surface area contributed by atoms with Crippen molar-refractivity contribution in [2.45, 2.75) is 12.8 Å². The van der Waals surface area contributed by atoms with Gasteiger partial charge in [-0.05, 0) is 30.2 Å². The van der Waals surface area contributed by atoms with Crippen molar-refractivity contribution >= 4 is 17.7 Å². The first-order valence-electron chi connectivity index (χ1n) is 7.18. The quantitative estimate of drug-likeness (QED) is 0.874. The van der Waals surface area contributed by atoms with Crippen LogP contribution in [0, 0.1) is 11.6 Å². The Morgan fingerprint density at radius 3 is 2.21 bits per heavy atom. The van der Waals surface area contributed by atoms with Gasteiger partial charge in [0.05, 0.1) is 11.1 Å². The average Bonchev–Trinajstić information content (AvgIpc) is 2.79. The van der Waals surface area contributed by atoms with Gasteiger partial charge in [0.25, 0.3) is 11.8 Å². The average molecular weight is 330 g/mol. The van der Waals surface area contributed by atoms with Gasteiger partial charge in [-0.25, -0.2) is 8.78 Å². The molecule has 0 spiro atoms. The molecule has 0 saturated carbocycles. The van der Waals surface area contributed by atoms with Gasteiger partial charge < -0.3 is 0 Å². The zero-order chi connectivity index (χ0) is 17.3. The van der Waals surface area contributed by atoms with Crippen molar-refractivity contribution < 1.29 is 23.2 Å². The Bertz CT molecular complexity index is 816. The van der Waals surface area contributed by atoms with Gasteiger partial charge in [-0.15, -0.1) is 0 Å². The molecular formula is C17H12F2N2O3. The molecule has 0 fully saturated rings. The maximum absolute atomic E-state index is 13.5. The molecule has 0 atom stereocenters. The maximum atomic E-state index is 13.5. The molecule has 0 bridgehead atoms. The normalized spacial score (nSPS) is 13.2. The number of hydrogen-bond donors (Lipinski definition) is 1. The molecule has 1 aliphatic heterocycles. The van der Waals surface area contributed by atoms with E-state index in [1.807, 2.05) is 0 Å². The van der Waals surface area contributed by atoms with E-state index in [1.165, 1.54) is 18.2 Å². The van der Waals surface area contributed by atoms with E-state index in [0.717, 1.165) is 12.1 Å². The third-order valence-corrected chi connectivity index (χ3v) is 3.67. The minimum Gasteiger partial charge on any atom is -0.273 e. The van der Waals surface area contributed by atoms with E-state index in [-0.39, 0.29) is 29.5 Å².